The smallest absolute Gasteiger partial charge is 0.251 e. The van der Waals surface area contributed by atoms with E-state index in [0.29, 0.717) is 11.2 Å². The summed E-state index contributed by atoms with van der Waals surface area (Å²) in [7, 11) is 0. The zero-order valence-electron chi connectivity index (χ0n) is 11.5. The van der Waals surface area contributed by atoms with Gasteiger partial charge in [0.25, 0.3) is 5.91 Å². The third-order valence-corrected chi connectivity index (χ3v) is 3.77. The summed E-state index contributed by atoms with van der Waals surface area (Å²) in [5.74, 6) is -0.0607. The highest BCUT2D eigenvalue weighted by molar-refractivity contribution is 5.95. The number of fused-ring (bicyclic) bond motifs is 1. The van der Waals surface area contributed by atoms with Crippen molar-refractivity contribution in [2.24, 2.45) is 0 Å². The number of carbonyl (C=O) groups excluding carboxylic acids is 1. The van der Waals surface area contributed by atoms with Crippen molar-refractivity contribution in [3.8, 4) is 0 Å². The number of aromatic nitrogens is 3. The molecule has 2 aromatic rings. The lowest BCUT2D eigenvalue weighted by Crippen LogP contribution is -2.34. The van der Waals surface area contributed by atoms with E-state index < -0.39 is 0 Å². The largest absolute Gasteiger partial charge is 0.346 e. The number of amides is 1. The van der Waals surface area contributed by atoms with Crippen LogP contribution in [0.5, 0.6) is 0 Å². The van der Waals surface area contributed by atoms with Gasteiger partial charge in [-0.05, 0) is 44.7 Å². The van der Waals surface area contributed by atoms with Gasteiger partial charge in [-0.2, -0.15) is 5.10 Å². The summed E-state index contributed by atoms with van der Waals surface area (Å²) in [5.41, 5.74) is 2.64. The van der Waals surface area contributed by atoms with Gasteiger partial charge in [0.1, 0.15) is 6.33 Å². The van der Waals surface area contributed by atoms with E-state index in [4.69, 9.17) is 0 Å². The van der Waals surface area contributed by atoms with E-state index in [1.54, 1.807) is 22.8 Å². The quantitative estimate of drug-likeness (QED) is 0.871. The van der Waals surface area contributed by atoms with Gasteiger partial charge in [-0.3, -0.25) is 4.79 Å². The van der Waals surface area contributed by atoms with Crippen LogP contribution in [-0.2, 0) is 0 Å². The Kier molecular flexibility index (Phi) is 3.50. The molecule has 104 valence electrons. The number of hydrogen-bond acceptors (Lipinski definition) is 3. The molecule has 0 saturated heterocycles. The number of rotatable bonds is 3. The first-order valence-electron chi connectivity index (χ1n) is 7.03. The number of hydrogen-bond donors (Lipinski definition) is 1. The van der Waals surface area contributed by atoms with Gasteiger partial charge in [-0.15, -0.1) is 0 Å². The molecule has 2 aromatic heterocycles. The van der Waals surface area contributed by atoms with Crippen LogP contribution in [0.25, 0.3) is 5.65 Å². The normalized spacial score (nSPS) is 16.8. The van der Waals surface area contributed by atoms with Crippen LogP contribution in [-0.4, -0.2) is 26.5 Å². The molecule has 3 rings (SSSR count). The first-order valence-corrected chi connectivity index (χ1v) is 7.03. The fraction of sp³-hybridized carbons (Fsp3) is 0.400. The van der Waals surface area contributed by atoms with E-state index >= 15 is 0 Å². The second kappa shape index (κ2) is 5.45. The molecular weight excluding hydrogens is 252 g/mol. The number of pyridine rings is 1. The maximum Gasteiger partial charge on any atom is 0.251 e. The van der Waals surface area contributed by atoms with Gasteiger partial charge in [0.15, 0.2) is 5.65 Å². The van der Waals surface area contributed by atoms with E-state index in [2.05, 4.69) is 21.5 Å². The predicted octanol–water partition coefficient (Wildman–Crippen LogP) is 2.35. The number of nitrogens with zero attached hydrogens (tertiary/aromatic N) is 3. The lowest BCUT2D eigenvalue weighted by molar-refractivity contribution is 0.0944. The summed E-state index contributed by atoms with van der Waals surface area (Å²) in [4.78, 5) is 16.4. The molecule has 1 N–H and O–H groups in total. The monoisotopic (exact) mass is 270 g/mol. The highest BCUT2D eigenvalue weighted by Gasteiger charge is 2.15. The molecule has 1 aliphatic rings. The molecule has 1 unspecified atom stereocenters. The number of carbonyl (C=O) groups is 1. The van der Waals surface area contributed by atoms with Crippen LogP contribution < -0.4 is 5.32 Å². The molecule has 0 fully saturated rings. The van der Waals surface area contributed by atoms with Crippen LogP contribution in [0.2, 0.25) is 0 Å². The van der Waals surface area contributed by atoms with E-state index in [1.165, 1.54) is 24.7 Å². The highest BCUT2D eigenvalue weighted by Crippen LogP contribution is 2.20. The maximum atomic E-state index is 12.3. The van der Waals surface area contributed by atoms with Gasteiger partial charge in [-0.1, -0.05) is 11.6 Å². The van der Waals surface area contributed by atoms with E-state index in [0.717, 1.165) is 12.8 Å². The zero-order valence-corrected chi connectivity index (χ0v) is 11.5. The van der Waals surface area contributed by atoms with Gasteiger partial charge in [-0.25, -0.2) is 9.50 Å². The molecule has 1 aliphatic carbocycles. The zero-order chi connectivity index (χ0) is 13.9. The second-order valence-electron chi connectivity index (χ2n) is 5.20. The minimum Gasteiger partial charge on any atom is -0.346 e. The minimum atomic E-state index is -0.0607. The summed E-state index contributed by atoms with van der Waals surface area (Å²) < 4.78 is 1.64. The Bertz CT molecular complexity index is 659. The summed E-state index contributed by atoms with van der Waals surface area (Å²) in [6, 6.07) is 3.61. The highest BCUT2D eigenvalue weighted by atomic mass is 16.1. The third-order valence-electron chi connectivity index (χ3n) is 3.77. The van der Waals surface area contributed by atoms with Crippen LogP contribution >= 0.6 is 0 Å². The maximum absolute atomic E-state index is 12.3. The number of nitrogens with one attached hydrogen (secondary N) is 1. The Morgan fingerprint density at radius 2 is 2.35 bits per heavy atom. The summed E-state index contributed by atoms with van der Waals surface area (Å²) in [5, 5.41) is 7.08. The lowest BCUT2D eigenvalue weighted by atomic mass is 9.94. The van der Waals surface area contributed by atoms with Crippen LogP contribution in [0.1, 0.15) is 43.0 Å². The Morgan fingerprint density at radius 1 is 1.45 bits per heavy atom. The molecule has 5 heteroatoms. The minimum absolute atomic E-state index is 0.0607. The van der Waals surface area contributed by atoms with E-state index in [9.17, 15) is 4.79 Å². The first kappa shape index (κ1) is 12.8. The van der Waals surface area contributed by atoms with Crippen LogP contribution in [0.15, 0.2) is 36.3 Å². The van der Waals surface area contributed by atoms with Crippen LogP contribution in [0, 0.1) is 0 Å². The summed E-state index contributed by atoms with van der Waals surface area (Å²) >= 11 is 0. The molecular formula is C15H18N4O. The molecule has 0 aliphatic heterocycles. The molecule has 0 aromatic carbocycles. The number of allylic oxidation sites excluding steroid dienone is 1. The first-order chi connectivity index (χ1) is 9.74. The van der Waals surface area contributed by atoms with Gasteiger partial charge < -0.3 is 5.32 Å². The van der Waals surface area contributed by atoms with Crippen LogP contribution in [0.4, 0.5) is 0 Å². The molecule has 0 bridgehead atoms. The van der Waals surface area contributed by atoms with Crippen molar-refractivity contribution in [1.29, 1.82) is 0 Å². The van der Waals surface area contributed by atoms with Crippen molar-refractivity contribution < 1.29 is 4.79 Å². The average molecular weight is 270 g/mol. The molecule has 0 saturated carbocycles. The standard InChI is InChI=1S/C15H18N4O/c1-11(12-5-3-2-4-6-12)18-15(20)13-7-8-19-14(9-13)16-10-17-19/h5,7-11H,2-4,6H2,1H3,(H,18,20). The second-order valence-corrected chi connectivity index (χ2v) is 5.20. The van der Waals surface area contributed by atoms with Gasteiger partial charge in [0.2, 0.25) is 0 Å². The molecule has 0 radical (unpaired) electrons. The molecule has 5 nitrogen and oxygen atoms in total. The van der Waals surface area contributed by atoms with E-state index in [-0.39, 0.29) is 11.9 Å². The summed E-state index contributed by atoms with van der Waals surface area (Å²) in [6.07, 6.45) is 10.2. The van der Waals surface area contributed by atoms with Crippen molar-refractivity contribution in [3.05, 3.63) is 41.9 Å². The SMILES string of the molecule is CC(NC(=O)c1ccn2ncnc2c1)C1=CCCCC1. The van der Waals surface area contributed by atoms with Crippen molar-refractivity contribution in [1.82, 2.24) is 19.9 Å². The average Bonchev–Trinajstić information content (AvgIpc) is 2.95. The molecule has 2 heterocycles. The fourth-order valence-electron chi connectivity index (χ4n) is 2.59. The van der Waals surface area contributed by atoms with Gasteiger partial charge in [0.05, 0.1) is 0 Å². The van der Waals surface area contributed by atoms with Gasteiger partial charge in [0, 0.05) is 17.8 Å². The predicted molar refractivity (Wildman–Crippen MR) is 76.5 cm³/mol. The van der Waals surface area contributed by atoms with E-state index in [1.807, 2.05) is 6.92 Å². The van der Waals surface area contributed by atoms with Crippen molar-refractivity contribution in [2.45, 2.75) is 38.6 Å². The molecule has 20 heavy (non-hydrogen) atoms. The van der Waals surface area contributed by atoms with Crippen molar-refractivity contribution in [2.75, 3.05) is 0 Å². The Labute approximate surface area is 117 Å². The van der Waals surface area contributed by atoms with Gasteiger partial charge >= 0.3 is 0 Å². The third kappa shape index (κ3) is 2.57. The molecule has 0 spiro atoms. The Hall–Kier alpha value is -2.17. The lowest BCUT2D eigenvalue weighted by Gasteiger charge is -2.20. The molecule has 1 atom stereocenters. The fourth-order valence-corrected chi connectivity index (χ4v) is 2.59. The Balaban J connectivity index is 1.73. The van der Waals surface area contributed by atoms with Crippen molar-refractivity contribution >= 4 is 11.6 Å². The summed E-state index contributed by atoms with van der Waals surface area (Å²) in [6.45, 7) is 2.05. The molecule has 1 amide bonds. The Morgan fingerprint density at radius 3 is 3.15 bits per heavy atom. The topological polar surface area (TPSA) is 59.3 Å². The van der Waals surface area contributed by atoms with Crippen molar-refractivity contribution in [3.63, 3.8) is 0 Å². The van der Waals surface area contributed by atoms with Crippen LogP contribution in [0.3, 0.4) is 0 Å².